The summed E-state index contributed by atoms with van der Waals surface area (Å²) in [5.74, 6) is -0.389. The molecule has 3 heteroatoms. The quantitative estimate of drug-likeness (QED) is 0.490. The van der Waals surface area contributed by atoms with Crippen LogP contribution >= 0.6 is 0 Å². The molecule has 2 fully saturated rings. The first-order chi connectivity index (χ1) is 4.71. The third-order valence-corrected chi connectivity index (χ3v) is 2.20. The lowest BCUT2D eigenvalue weighted by molar-refractivity contribution is -0.229. The van der Waals surface area contributed by atoms with Gasteiger partial charge in [-0.3, -0.25) is 0 Å². The summed E-state index contributed by atoms with van der Waals surface area (Å²) in [7, 11) is 0. The van der Waals surface area contributed by atoms with Crippen molar-refractivity contribution in [2.24, 2.45) is 0 Å². The molecular weight excluding hydrogens is 130 g/mol. The fraction of sp³-hybridized carbons (Fsp3) is 1.00. The van der Waals surface area contributed by atoms with Gasteiger partial charge in [0.25, 0.3) is 0 Å². The maximum Gasteiger partial charge on any atom is 0.227 e. The summed E-state index contributed by atoms with van der Waals surface area (Å²) in [6.45, 7) is 6.90. The highest BCUT2D eigenvalue weighted by Crippen LogP contribution is 2.31. The summed E-state index contributed by atoms with van der Waals surface area (Å²) in [5.41, 5.74) is 0. The van der Waals surface area contributed by atoms with E-state index in [9.17, 15) is 0 Å². The van der Waals surface area contributed by atoms with Crippen LogP contribution < -0.4 is 0 Å². The van der Waals surface area contributed by atoms with Crippen molar-refractivity contribution in [3.05, 3.63) is 0 Å². The van der Waals surface area contributed by atoms with E-state index in [1.807, 2.05) is 6.92 Å². The normalized spacial score (nSPS) is 48.0. The minimum absolute atomic E-state index is 0.324. The molecule has 2 heterocycles. The molecule has 0 aromatic carbocycles. The van der Waals surface area contributed by atoms with E-state index in [-0.39, 0.29) is 5.91 Å². The Labute approximate surface area is 60.9 Å². The predicted octanol–water partition coefficient (Wildman–Crippen LogP) is 0.411. The van der Waals surface area contributed by atoms with Gasteiger partial charge < -0.3 is 9.47 Å². The molecule has 2 aliphatic rings. The van der Waals surface area contributed by atoms with Crippen molar-refractivity contribution in [1.82, 2.24) is 4.90 Å². The lowest BCUT2D eigenvalue weighted by Crippen LogP contribution is -2.36. The Morgan fingerprint density at radius 2 is 2.40 bits per heavy atom. The molecule has 0 spiro atoms. The zero-order valence-corrected chi connectivity index (χ0v) is 6.46. The predicted molar refractivity (Wildman–Crippen MR) is 36.5 cm³/mol. The van der Waals surface area contributed by atoms with Crippen molar-refractivity contribution in [2.75, 3.05) is 19.7 Å². The second-order valence-electron chi connectivity index (χ2n) is 3.12. The van der Waals surface area contributed by atoms with Gasteiger partial charge in [0.05, 0.1) is 12.7 Å². The van der Waals surface area contributed by atoms with Crippen LogP contribution in [0.4, 0.5) is 0 Å². The number of ether oxygens (including phenoxy) is 2. The van der Waals surface area contributed by atoms with Gasteiger partial charge in [0.1, 0.15) is 0 Å². The summed E-state index contributed by atoms with van der Waals surface area (Å²) in [5, 5.41) is 0. The highest BCUT2D eigenvalue weighted by molar-refractivity contribution is 4.82. The van der Waals surface area contributed by atoms with Crippen LogP contribution in [0, 0.1) is 0 Å². The van der Waals surface area contributed by atoms with E-state index in [0.717, 1.165) is 19.7 Å². The Morgan fingerprint density at radius 3 is 3.10 bits per heavy atom. The molecule has 0 radical (unpaired) electrons. The first-order valence-corrected chi connectivity index (χ1v) is 3.77. The van der Waals surface area contributed by atoms with Crippen LogP contribution in [0.2, 0.25) is 0 Å². The van der Waals surface area contributed by atoms with Gasteiger partial charge in [-0.05, 0) is 6.92 Å². The lowest BCUT2D eigenvalue weighted by atomic mass is 10.4. The zero-order chi connectivity index (χ0) is 7.19. The number of nitrogens with zero attached hydrogens (tertiary/aromatic N) is 1. The van der Waals surface area contributed by atoms with E-state index in [1.54, 1.807) is 0 Å². The van der Waals surface area contributed by atoms with Gasteiger partial charge in [-0.1, -0.05) is 0 Å². The summed E-state index contributed by atoms with van der Waals surface area (Å²) in [4.78, 5) is 2.23. The van der Waals surface area contributed by atoms with Crippen LogP contribution in [-0.4, -0.2) is 36.6 Å². The molecule has 0 aliphatic carbocycles. The fourth-order valence-electron chi connectivity index (χ4n) is 1.73. The highest BCUT2D eigenvalue weighted by atomic mass is 16.7. The fourth-order valence-corrected chi connectivity index (χ4v) is 1.73. The first kappa shape index (κ1) is 6.58. The number of hydrogen-bond donors (Lipinski definition) is 0. The van der Waals surface area contributed by atoms with Crippen LogP contribution in [0.1, 0.15) is 13.8 Å². The summed E-state index contributed by atoms with van der Waals surface area (Å²) in [6.07, 6.45) is 0.324. The van der Waals surface area contributed by atoms with Gasteiger partial charge in [0, 0.05) is 20.0 Å². The topological polar surface area (TPSA) is 21.7 Å². The van der Waals surface area contributed by atoms with E-state index in [1.165, 1.54) is 0 Å². The molecule has 2 rings (SSSR count). The average molecular weight is 143 g/mol. The summed E-state index contributed by atoms with van der Waals surface area (Å²) in [6, 6.07) is 0. The smallest absolute Gasteiger partial charge is 0.227 e. The van der Waals surface area contributed by atoms with Crippen molar-refractivity contribution in [1.29, 1.82) is 0 Å². The Kier molecular flexibility index (Phi) is 1.27. The van der Waals surface area contributed by atoms with Crippen LogP contribution in [-0.2, 0) is 9.47 Å². The van der Waals surface area contributed by atoms with Gasteiger partial charge in [-0.15, -0.1) is 0 Å². The number of rotatable bonds is 0. The molecule has 58 valence electrons. The third-order valence-electron chi connectivity index (χ3n) is 2.20. The molecule has 0 aromatic rings. The van der Waals surface area contributed by atoms with Gasteiger partial charge in [-0.2, -0.15) is 0 Å². The average Bonchev–Trinajstić information content (AvgIpc) is 2.20. The molecule has 2 aliphatic heterocycles. The Hall–Kier alpha value is -0.120. The van der Waals surface area contributed by atoms with E-state index in [2.05, 4.69) is 11.8 Å². The lowest BCUT2D eigenvalue weighted by Gasteiger charge is -2.23. The molecule has 0 bridgehead atoms. The van der Waals surface area contributed by atoms with Gasteiger partial charge >= 0.3 is 0 Å². The third kappa shape index (κ3) is 0.779. The minimum Gasteiger partial charge on any atom is -0.336 e. The Bertz CT molecular complexity index is 151. The second-order valence-corrected chi connectivity index (χ2v) is 3.12. The zero-order valence-electron chi connectivity index (χ0n) is 6.46. The largest absolute Gasteiger partial charge is 0.336 e. The van der Waals surface area contributed by atoms with Crippen molar-refractivity contribution in [3.8, 4) is 0 Å². The van der Waals surface area contributed by atoms with Crippen molar-refractivity contribution in [3.63, 3.8) is 0 Å². The summed E-state index contributed by atoms with van der Waals surface area (Å²) >= 11 is 0. The standard InChI is InChI=1S/C7H13NO2/c1-6-5-8-3-4-9-7(8,2)10-6/h6H,3-5H2,1-2H3/t6-,7+/m1/s1. The van der Waals surface area contributed by atoms with Crippen LogP contribution in [0.25, 0.3) is 0 Å². The van der Waals surface area contributed by atoms with E-state index >= 15 is 0 Å². The second kappa shape index (κ2) is 1.94. The number of fused-ring (bicyclic) bond motifs is 1. The van der Waals surface area contributed by atoms with Crippen LogP contribution in [0.5, 0.6) is 0 Å². The van der Waals surface area contributed by atoms with Crippen molar-refractivity contribution < 1.29 is 9.47 Å². The van der Waals surface area contributed by atoms with Crippen LogP contribution in [0.15, 0.2) is 0 Å². The summed E-state index contributed by atoms with van der Waals surface area (Å²) < 4.78 is 11.0. The highest BCUT2D eigenvalue weighted by Gasteiger charge is 2.46. The van der Waals surface area contributed by atoms with E-state index in [0.29, 0.717) is 6.10 Å². The number of hydrogen-bond acceptors (Lipinski definition) is 3. The molecule has 0 aromatic heterocycles. The Morgan fingerprint density at radius 1 is 1.60 bits per heavy atom. The van der Waals surface area contributed by atoms with E-state index < -0.39 is 0 Å². The SMILES string of the molecule is C[C@@H]1CN2CCO[C@@]2(C)O1. The van der Waals surface area contributed by atoms with Crippen molar-refractivity contribution >= 4 is 0 Å². The maximum atomic E-state index is 5.58. The van der Waals surface area contributed by atoms with Gasteiger partial charge in [0.15, 0.2) is 0 Å². The monoisotopic (exact) mass is 143 g/mol. The molecule has 0 unspecified atom stereocenters. The minimum atomic E-state index is -0.389. The molecule has 2 atom stereocenters. The van der Waals surface area contributed by atoms with E-state index in [4.69, 9.17) is 9.47 Å². The van der Waals surface area contributed by atoms with Gasteiger partial charge in [0.2, 0.25) is 5.91 Å². The molecule has 10 heavy (non-hydrogen) atoms. The molecule has 0 saturated carbocycles. The molecular formula is C7H13NO2. The van der Waals surface area contributed by atoms with Gasteiger partial charge in [-0.25, -0.2) is 4.90 Å². The molecule has 3 nitrogen and oxygen atoms in total. The molecule has 0 N–H and O–H groups in total. The molecule has 2 saturated heterocycles. The van der Waals surface area contributed by atoms with Crippen LogP contribution in [0.3, 0.4) is 0 Å². The molecule has 0 amide bonds. The first-order valence-electron chi connectivity index (χ1n) is 3.77. The Balaban J connectivity index is 2.15. The maximum absolute atomic E-state index is 5.58. The van der Waals surface area contributed by atoms with Crippen molar-refractivity contribution in [2.45, 2.75) is 25.9 Å².